The third-order valence-corrected chi connectivity index (χ3v) is 6.87. The number of hydrazine groups is 1. The molecule has 0 saturated heterocycles. The Balaban J connectivity index is 1.35. The summed E-state index contributed by atoms with van der Waals surface area (Å²) in [6.45, 7) is 0. The Labute approximate surface area is 207 Å². The zero-order valence-corrected chi connectivity index (χ0v) is 20.2. The summed E-state index contributed by atoms with van der Waals surface area (Å²) in [7, 11) is 0. The Bertz CT molecular complexity index is 1340. The average molecular weight is 543 g/mol. The van der Waals surface area contributed by atoms with Gasteiger partial charge in [-0.15, -0.1) is 11.3 Å². The van der Waals surface area contributed by atoms with E-state index in [4.69, 9.17) is 11.6 Å². The first-order chi connectivity index (χ1) is 15.9. The van der Waals surface area contributed by atoms with Crippen LogP contribution in [0.25, 0.3) is 10.1 Å². The van der Waals surface area contributed by atoms with Gasteiger partial charge in [-0.05, 0) is 42.0 Å². The lowest BCUT2D eigenvalue weighted by atomic mass is 10.1. The molecule has 0 saturated carbocycles. The second-order valence-corrected chi connectivity index (χ2v) is 9.43. The molecule has 0 atom stereocenters. The van der Waals surface area contributed by atoms with E-state index in [-0.39, 0.29) is 18.2 Å². The van der Waals surface area contributed by atoms with Crippen molar-refractivity contribution in [2.75, 3.05) is 5.32 Å². The van der Waals surface area contributed by atoms with Gasteiger partial charge in [-0.2, -0.15) is 0 Å². The predicted molar refractivity (Wildman–Crippen MR) is 135 cm³/mol. The fraction of sp³-hybridized carbons (Fsp3) is 0.0417. The molecule has 0 radical (unpaired) electrons. The van der Waals surface area contributed by atoms with Crippen molar-refractivity contribution in [1.29, 1.82) is 0 Å². The largest absolute Gasteiger partial charge is 0.321 e. The lowest BCUT2D eigenvalue weighted by Crippen LogP contribution is -2.42. The first-order valence-electron chi connectivity index (χ1n) is 9.83. The lowest BCUT2D eigenvalue weighted by molar-refractivity contribution is -0.121. The van der Waals surface area contributed by atoms with Crippen LogP contribution in [-0.4, -0.2) is 17.7 Å². The highest BCUT2D eigenvalue weighted by Crippen LogP contribution is 2.37. The molecule has 1 aromatic heterocycles. The molecular weight excluding hydrogens is 526 g/mol. The number of carbonyl (C=O) groups excluding carboxylic acids is 3. The average Bonchev–Trinajstić information content (AvgIpc) is 3.14. The number of amides is 3. The summed E-state index contributed by atoms with van der Waals surface area (Å²) in [4.78, 5) is 37.4. The van der Waals surface area contributed by atoms with E-state index >= 15 is 0 Å². The molecule has 1 heterocycles. The molecule has 3 N–H and O–H groups in total. The smallest absolute Gasteiger partial charge is 0.269 e. The minimum absolute atomic E-state index is 0.156. The Morgan fingerprint density at radius 1 is 0.879 bits per heavy atom. The van der Waals surface area contributed by atoms with Gasteiger partial charge in [0.25, 0.3) is 11.8 Å². The molecule has 4 aromatic rings. The van der Waals surface area contributed by atoms with Gasteiger partial charge in [0.05, 0.1) is 11.4 Å². The summed E-state index contributed by atoms with van der Waals surface area (Å²) in [5.41, 5.74) is 6.47. The molecule has 3 amide bonds. The second-order valence-electron chi connectivity index (χ2n) is 7.08. The third kappa shape index (κ3) is 5.60. The van der Waals surface area contributed by atoms with E-state index in [1.54, 1.807) is 24.3 Å². The van der Waals surface area contributed by atoms with Crippen molar-refractivity contribution in [2.24, 2.45) is 0 Å². The number of anilines is 1. The van der Waals surface area contributed by atoms with Crippen LogP contribution >= 0.6 is 38.9 Å². The van der Waals surface area contributed by atoms with E-state index < -0.39 is 5.91 Å². The summed E-state index contributed by atoms with van der Waals surface area (Å²) in [5, 5.41) is 4.01. The van der Waals surface area contributed by atoms with Crippen molar-refractivity contribution in [1.82, 2.24) is 10.9 Å². The van der Waals surface area contributed by atoms with Crippen LogP contribution in [0.3, 0.4) is 0 Å². The van der Waals surface area contributed by atoms with E-state index in [1.807, 2.05) is 48.5 Å². The first kappa shape index (κ1) is 23.0. The molecule has 0 aliphatic heterocycles. The number of halogens is 2. The number of hydrogen-bond donors (Lipinski definition) is 3. The fourth-order valence-electron chi connectivity index (χ4n) is 3.10. The lowest BCUT2D eigenvalue weighted by Gasteiger charge is -2.09. The molecule has 0 spiro atoms. The molecule has 0 aliphatic rings. The SMILES string of the molecule is O=C(Cc1ccccc1)NNC(=O)c1ccc(NC(=O)c2sc3cc(Br)ccc3c2Cl)cc1. The van der Waals surface area contributed by atoms with Gasteiger partial charge >= 0.3 is 0 Å². The first-order valence-corrected chi connectivity index (χ1v) is 11.8. The van der Waals surface area contributed by atoms with Crippen LogP contribution in [0.4, 0.5) is 5.69 Å². The maximum absolute atomic E-state index is 12.7. The molecule has 3 aromatic carbocycles. The topological polar surface area (TPSA) is 87.3 Å². The summed E-state index contributed by atoms with van der Waals surface area (Å²) in [5.74, 6) is -1.12. The van der Waals surface area contributed by atoms with Crippen LogP contribution in [0.5, 0.6) is 0 Å². The van der Waals surface area contributed by atoms with Crippen molar-refractivity contribution in [2.45, 2.75) is 6.42 Å². The Hall–Kier alpha value is -3.20. The monoisotopic (exact) mass is 541 g/mol. The van der Waals surface area contributed by atoms with E-state index in [0.29, 0.717) is 21.2 Å². The van der Waals surface area contributed by atoms with Gasteiger partial charge in [0.2, 0.25) is 5.91 Å². The Morgan fingerprint density at radius 3 is 2.33 bits per heavy atom. The van der Waals surface area contributed by atoms with Gasteiger partial charge in [-0.25, -0.2) is 0 Å². The Kier molecular flexibility index (Phi) is 7.08. The standard InChI is InChI=1S/C24H17BrClN3O3S/c25-16-8-11-18-19(13-16)33-22(21(18)26)24(32)27-17-9-6-15(7-10-17)23(31)29-28-20(30)12-14-4-2-1-3-5-14/h1-11,13H,12H2,(H,27,32)(H,28,30)(H,29,31). The normalized spacial score (nSPS) is 10.6. The van der Waals surface area contributed by atoms with Crippen molar-refractivity contribution in [3.63, 3.8) is 0 Å². The molecule has 9 heteroatoms. The molecule has 33 heavy (non-hydrogen) atoms. The zero-order chi connectivity index (χ0) is 23.4. The molecule has 166 valence electrons. The highest BCUT2D eigenvalue weighted by Gasteiger charge is 2.18. The molecule has 4 rings (SSSR count). The van der Waals surface area contributed by atoms with Crippen molar-refractivity contribution >= 4 is 72.4 Å². The fourth-order valence-corrected chi connectivity index (χ4v) is 5.07. The quantitative estimate of drug-likeness (QED) is 0.288. The number of benzene rings is 3. The van der Waals surface area contributed by atoms with Gasteiger partial charge in [-0.1, -0.05) is 63.9 Å². The Morgan fingerprint density at radius 2 is 1.61 bits per heavy atom. The van der Waals surface area contributed by atoms with E-state index in [9.17, 15) is 14.4 Å². The highest BCUT2D eigenvalue weighted by atomic mass is 79.9. The molecule has 0 fully saturated rings. The minimum Gasteiger partial charge on any atom is -0.321 e. The molecule has 0 bridgehead atoms. The number of carbonyl (C=O) groups is 3. The maximum Gasteiger partial charge on any atom is 0.269 e. The van der Waals surface area contributed by atoms with Gasteiger partial charge in [0.1, 0.15) is 4.88 Å². The summed E-state index contributed by atoms with van der Waals surface area (Å²) in [6, 6.07) is 21.2. The van der Waals surface area contributed by atoms with Gasteiger partial charge in [0, 0.05) is 25.8 Å². The highest BCUT2D eigenvalue weighted by molar-refractivity contribution is 9.10. The van der Waals surface area contributed by atoms with E-state index in [1.165, 1.54) is 11.3 Å². The summed E-state index contributed by atoms with van der Waals surface area (Å²) < 4.78 is 1.81. The van der Waals surface area contributed by atoms with Crippen LogP contribution in [0.15, 0.2) is 77.3 Å². The number of thiophene rings is 1. The maximum atomic E-state index is 12.7. The molecule has 6 nitrogen and oxygen atoms in total. The van der Waals surface area contributed by atoms with Crippen molar-refractivity contribution < 1.29 is 14.4 Å². The van der Waals surface area contributed by atoms with Crippen LogP contribution < -0.4 is 16.2 Å². The van der Waals surface area contributed by atoms with Crippen LogP contribution in [0.1, 0.15) is 25.6 Å². The van der Waals surface area contributed by atoms with Gasteiger partial charge in [-0.3, -0.25) is 25.2 Å². The van der Waals surface area contributed by atoms with Crippen molar-refractivity contribution in [3.05, 3.63) is 98.3 Å². The van der Waals surface area contributed by atoms with Gasteiger partial charge < -0.3 is 5.32 Å². The molecular formula is C24H17BrClN3O3S. The molecule has 0 unspecified atom stereocenters. The molecule has 0 aliphatic carbocycles. The van der Waals surface area contributed by atoms with Crippen molar-refractivity contribution in [3.8, 4) is 0 Å². The van der Waals surface area contributed by atoms with Crippen LogP contribution in [0, 0.1) is 0 Å². The van der Waals surface area contributed by atoms with Gasteiger partial charge in [0.15, 0.2) is 0 Å². The summed E-state index contributed by atoms with van der Waals surface area (Å²) in [6.07, 6.45) is 0.156. The van der Waals surface area contributed by atoms with E-state index in [2.05, 4.69) is 32.1 Å². The summed E-state index contributed by atoms with van der Waals surface area (Å²) >= 11 is 11.1. The van der Waals surface area contributed by atoms with Crippen LogP contribution in [-0.2, 0) is 11.2 Å². The number of fused-ring (bicyclic) bond motifs is 1. The zero-order valence-electron chi connectivity index (χ0n) is 17.0. The number of hydrogen-bond acceptors (Lipinski definition) is 4. The minimum atomic E-state index is -0.465. The van der Waals surface area contributed by atoms with E-state index in [0.717, 1.165) is 20.1 Å². The van der Waals surface area contributed by atoms with Crippen LogP contribution in [0.2, 0.25) is 5.02 Å². The second kappa shape index (κ2) is 10.2. The third-order valence-electron chi connectivity index (χ3n) is 4.73. The number of nitrogens with one attached hydrogen (secondary N) is 3. The number of rotatable bonds is 5. The predicted octanol–water partition coefficient (Wildman–Crippen LogP) is 5.57.